The second-order valence-electron chi connectivity index (χ2n) is 10.7. The second kappa shape index (κ2) is 12.4. The Morgan fingerprint density at radius 1 is 1.07 bits per heavy atom. The zero-order chi connectivity index (χ0) is 28.2. The highest BCUT2D eigenvalue weighted by atomic mass is 19.1. The lowest BCUT2D eigenvalue weighted by Gasteiger charge is -2.30. The monoisotopic (exact) mass is 559 g/mol. The van der Waals surface area contributed by atoms with E-state index in [4.69, 9.17) is 10.1 Å². The first-order valence-corrected chi connectivity index (χ1v) is 13.8. The third-order valence-electron chi connectivity index (χ3n) is 7.80. The van der Waals surface area contributed by atoms with Crippen LogP contribution >= 0.6 is 0 Å². The molecular formula is C27H35F2N7O4. The molecule has 0 bridgehead atoms. The Hall–Kier alpha value is -3.42. The Morgan fingerprint density at radius 2 is 1.82 bits per heavy atom. The Labute approximate surface area is 230 Å². The van der Waals surface area contributed by atoms with Crippen LogP contribution in [0, 0.1) is 17.6 Å². The number of nitrogens with one attached hydrogen (secondary N) is 3. The van der Waals surface area contributed by atoms with Gasteiger partial charge in [0.25, 0.3) is 0 Å². The van der Waals surface area contributed by atoms with Crippen molar-refractivity contribution in [1.29, 1.82) is 0 Å². The second-order valence-corrected chi connectivity index (χ2v) is 10.7. The van der Waals surface area contributed by atoms with Crippen molar-refractivity contribution >= 4 is 34.7 Å². The molecule has 0 spiro atoms. The van der Waals surface area contributed by atoms with E-state index < -0.39 is 24.3 Å². The van der Waals surface area contributed by atoms with Gasteiger partial charge in [-0.3, -0.25) is 9.36 Å². The Kier molecular flexibility index (Phi) is 8.72. The van der Waals surface area contributed by atoms with E-state index in [9.17, 15) is 23.8 Å². The average molecular weight is 560 g/mol. The number of hydrogen-bond acceptors (Lipinski definition) is 9. The van der Waals surface area contributed by atoms with Gasteiger partial charge in [0.05, 0.1) is 30.7 Å². The van der Waals surface area contributed by atoms with E-state index in [0.29, 0.717) is 61.6 Å². The van der Waals surface area contributed by atoms with E-state index in [2.05, 4.69) is 25.9 Å². The van der Waals surface area contributed by atoms with E-state index in [-0.39, 0.29) is 42.2 Å². The van der Waals surface area contributed by atoms with Gasteiger partial charge in [0.2, 0.25) is 17.8 Å². The van der Waals surface area contributed by atoms with Crippen molar-refractivity contribution in [2.24, 2.45) is 5.92 Å². The molecule has 3 aromatic rings. The number of aliphatic hydroxyl groups is 3. The number of hydrogen-bond donors (Lipinski definition) is 6. The summed E-state index contributed by atoms with van der Waals surface area (Å²) in [5.74, 6) is -1.07. The largest absolute Gasteiger partial charge is 0.394 e. The minimum Gasteiger partial charge on any atom is -0.394 e. The summed E-state index contributed by atoms with van der Waals surface area (Å²) in [6, 6.07) is 3.32. The van der Waals surface area contributed by atoms with Crippen LogP contribution in [-0.2, 0) is 4.79 Å². The number of nitrogens with zero attached hydrogens (tertiary/aromatic N) is 4. The first-order chi connectivity index (χ1) is 19.3. The van der Waals surface area contributed by atoms with Crippen LogP contribution in [0.4, 0.5) is 26.4 Å². The van der Waals surface area contributed by atoms with Gasteiger partial charge in [-0.25, -0.2) is 18.7 Å². The molecular weight excluding hydrogens is 524 g/mol. The van der Waals surface area contributed by atoms with Crippen LogP contribution in [0.5, 0.6) is 0 Å². The number of anilines is 3. The number of amides is 1. The van der Waals surface area contributed by atoms with E-state index >= 15 is 0 Å². The maximum Gasteiger partial charge on any atom is 0.224 e. The Morgan fingerprint density at radius 3 is 2.52 bits per heavy atom. The van der Waals surface area contributed by atoms with Crippen molar-refractivity contribution in [2.75, 3.05) is 23.8 Å². The van der Waals surface area contributed by atoms with E-state index in [0.717, 1.165) is 18.9 Å². The zero-order valence-electron chi connectivity index (χ0n) is 22.1. The van der Waals surface area contributed by atoms with Crippen molar-refractivity contribution in [1.82, 2.24) is 24.8 Å². The lowest BCUT2D eigenvalue weighted by Crippen LogP contribution is -2.39. The van der Waals surface area contributed by atoms with E-state index in [1.165, 1.54) is 12.1 Å². The molecule has 2 fully saturated rings. The first kappa shape index (κ1) is 28.1. The zero-order valence-corrected chi connectivity index (χ0v) is 22.1. The molecule has 1 amide bonds. The summed E-state index contributed by atoms with van der Waals surface area (Å²) < 4.78 is 30.0. The van der Waals surface area contributed by atoms with E-state index in [1.54, 1.807) is 6.20 Å². The molecule has 216 valence electrons. The maximum atomic E-state index is 14.5. The van der Waals surface area contributed by atoms with Crippen molar-refractivity contribution in [3.05, 3.63) is 36.0 Å². The summed E-state index contributed by atoms with van der Waals surface area (Å²) in [4.78, 5) is 26.4. The fraction of sp³-hybridized carbons (Fsp3) is 0.556. The normalized spacial score (nSPS) is 24.0. The molecule has 1 aromatic carbocycles. The lowest BCUT2D eigenvalue weighted by molar-refractivity contribution is -0.126. The fourth-order valence-corrected chi connectivity index (χ4v) is 5.53. The van der Waals surface area contributed by atoms with Crippen molar-refractivity contribution in [3.63, 3.8) is 0 Å². The number of aromatic nitrogens is 4. The third-order valence-corrected chi connectivity index (χ3v) is 7.80. The van der Waals surface area contributed by atoms with Crippen LogP contribution in [0.25, 0.3) is 11.2 Å². The highest BCUT2D eigenvalue weighted by molar-refractivity contribution is 5.79. The number of fused-ring (bicyclic) bond motifs is 1. The molecule has 13 heteroatoms. The van der Waals surface area contributed by atoms with Gasteiger partial charge in [0, 0.05) is 30.6 Å². The molecule has 5 rings (SSSR count). The molecule has 2 aliphatic rings. The topological polar surface area (TPSA) is 157 Å². The van der Waals surface area contributed by atoms with Gasteiger partial charge < -0.3 is 31.3 Å². The van der Waals surface area contributed by atoms with Gasteiger partial charge in [-0.15, -0.1) is 0 Å². The van der Waals surface area contributed by atoms with Crippen LogP contribution in [0.3, 0.4) is 0 Å². The molecule has 0 unspecified atom stereocenters. The minimum absolute atomic E-state index is 0.00856. The highest BCUT2D eigenvalue weighted by Crippen LogP contribution is 2.37. The number of rotatable bonds is 9. The summed E-state index contributed by atoms with van der Waals surface area (Å²) >= 11 is 0. The van der Waals surface area contributed by atoms with Crippen LogP contribution in [0.15, 0.2) is 24.4 Å². The molecule has 40 heavy (non-hydrogen) atoms. The minimum atomic E-state index is -1.00. The van der Waals surface area contributed by atoms with Crippen LogP contribution in [0.1, 0.15) is 57.4 Å². The summed E-state index contributed by atoms with van der Waals surface area (Å²) in [5.41, 5.74) is 1.13. The number of carbonyl (C=O) groups is 1. The summed E-state index contributed by atoms with van der Waals surface area (Å²) in [5, 5.41) is 37.4. The number of imidazole rings is 1. The summed E-state index contributed by atoms with van der Waals surface area (Å²) in [6.07, 6.45) is 5.78. The van der Waals surface area contributed by atoms with Gasteiger partial charge in [-0.05, 0) is 63.5 Å². The Balaban J connectivity index is 1.39. The maximum absolute atomic E-state index is 14.5. The van der Waals surface area contributed by atoms with E-state index in [1.807, 2.05) is 4.57 Å². The average Bonchev–Trinajstić information content (AvgIpc) is 3.31. The van der Waals surface area contributed by atoms with Crippen LogP contribution in [0.2, 0.25) is 0 Å². The molecule has 2 aliphatic carbocycles. The summed E-state index contributed by atoms with van der Waals surface area (Å²) in [7, 11) is 0. The number of benzene rings is 1. The smallest absolute Gasteiger partial charge is 0.224 e. The molecule has 2 heterocycles. The van der Waals surface area contributed by atoms with Gasteiger partial charge >= 0.3 is 0 Å². The molecule has 0 saturated heterocycles. The Bertz CT molecular complexity index is 1320. The predicted octanol–water partition coefficient (Wildman–Crippen LogP) is 2.76. The van der Waals surface area contributed by atoms with Gasteiger partial charge in [0.15, 0.2) is 5.65 Å². The highest BCUT2D eigenvalue weighted by Gasteiger charge is 2.30. The van der Waals surface area contributed by atoms with Gasteiger partial charge in [0.1, 0.15) is 17.2 Å². The van der Waals surface area contributed by atoms with Crippen LogP contribution in [-0.4, -0.2) is 72.1 Å². The van der Waals surface area contributed by atoms with Crippen LogP contribution < -0.4 is 16.0 Å². The quantitative estimate of drug-likeness (QED) is 0.232. The molecule has 1 atom stereocenters. The number of aliphatic hydroxyl groups excluding tert-OH is 3. The van der Waals surface area contributed by atoms with Gasteiger partial charge in [-0.2, -0.15) is 4.98 Å². The number of halogens is 2. The molecule has 0 radical (unpaired) electrons. The van der Waals surface area contributed by atoms with Crippen molar-refractivity contribution in [2.45, 2.75) is 75.7 Å². The fourth-order valence-electron chi connectivity index (χ4n) is 5.53. The SMILES string of the molecule is O=C(NC[C@@H](O)CO)[C@H]1CC[C@@H](n2c(Nc3ccc(F)cc3F)nc3cnc(N[C@H]4CC[C@H](O)CC4)nc32)CC1. The molecule has 11 nitrogen and oxygen atoms in total. The lowest BCUT2D eigenvalue weighted by atomic mass is 9.85. The van der Waals surface area contributed by atoms with Crippen molar-refractivity contribution < 1.29 is 28.9 Å². The number of carbonyl (C=O) groups excluding carboxylic acids is 1. The molecule has 6 N–H and O–H groups in total. The molecule has 2 saturated carbocycles. The predicted molar refractivity (Wildman–Crippen MR) is 144 cm³/mol. The van der Waals surface area contributed by atoms with Crippen molar-refractivity contribution in [3.8, 4) is 0 Å². The molecule has 2 aromatic heterocycles. The third kappa shape index (κ3) is 6.48. The molecule has 0 aliphatic heterocycles. The summed E-state index contributed by atoms with van der Waals surface area (Å²) in [6.45, 7) is -0.433. The first-order valence-electron chi connectivity index (χ1n) is 13.8. The van der Waals surface area contributed by atoms with Gasteiger partial charge in [-0.1, -0.05) is 0 Å². The standard InChI is InChI=1S/C27H35F2N7O4/c28-16-3-10-22(21(29)11-16)33-27-34-23-13-31-26(32-17-4-8-19(38)9-5-17)35-24(23)36(27)18-6-1-15(2-7-18)25(40)30-12-20(39)14-37/h3,10-11,13,15,17-20,37-39H,1-2,4-9,12,14H2,(H,30,40)(H,33,34)(H,31,32,35)/t15-,17-,18+,19-,20-/m1/s1.